The second-order valence-electron chi connectivity index (χ2n) is 4.61. The number of nitrogens with zero attached hydrogens (tertiary/aromatic N) is 1. The Morgan fingerprint density at radius 3 is 2.71 bits per heavy atom. The number of aryl methyl sites for hydroxylation is 1. The summed E-state index contributed by atoms with van der Waals surface area (Å²) in [5.41, 5.74) is 2.85. The summed E-state index contributed by atoms with van der Waals surface area (Å²) in [5.74, 6) is 0. The lowest BCUT2D eigenvalue weighted by atomic mass is 10.0. The minimum absolute atomic E-state index is 0.859. The molecular formula is C14H21ClN2. The molecule has 0 aliphatic carbocycles. The molecule has 3 heteroatoms. The van der Waals surface area contributed by atoms with Crippen LogP contribution in [-0.4, -0.2) is 37.6 Å². The average molecular weight is 253 g/mol. The van der Waals surface area contributed by atoms with Crippen molar-refractivity contribution in [2.75, 3.05) is 32.7 Å². The number of halogens is 1. The Balaban J connectivity index is 1.95. The molecule has 2 rings (SSSR count). The highest BCUT2D eigenvalue weighted by molar-refractivity contribution is 6.30. The van der Waals surface area contributed by atoms with E-state index in [4.69, 9.17) is 11.6 Å². The second kappa shape index (κ2) is 6.39. The molecular weight excluding hydrogens is 232 g/mol. The van der Waals surface area contributed by atoms with E-state index in [2.05, 4.69) is 29.3 Å². The third-order valence-electron chi connectivity index (χ3n) is 3.46. The molecule has 17 heavy (non-hydrogen) atoms. The zero-order valence-corrected chi connectivity index (χ0v) is 11.3. The highest BCUT2D eigenvalue weighted by atomic mass is 35.5. The summed E-state index contributed by atoms with van der Waals surface area (Å²) in [7, 11) is 0. The smallest absolute Gasteiger partial charge is 0.0408 e. The first-order valence-corrected chi connectivity index (χ1v) is 6.87. The standard InChI is InChI=1S/C14H21ClN2/c1-2-12-3-4-14(15)11-13(12)5-8-17-9-6-16-7-10-17/h3-4,11,16H,2,5-10H2,1H3. The molecule has 0 unspecified atom stereocenters. The van der Waals surface area contributed by atoms with Gasteiger partial charge in [0.2, 0.25) is 0 Å². The van der Waals surface area contributed by atoms with Gasteiger partial charge < -0.3 is 10.2 Å². The molecule has 0 amide bonds. The Morgan fingerprint density at radius 2 is 2.00 bits per heavy atom. The largest absolute Gasteiger partial charge is 0.314 e. The zero-order chi connectivity index (χ0) is 12.1. The summed E-state index contributed by atoms with van der Waals surface area (Å²) in [4.78, 5) is 2.52. The van der Waals surface area contributed by atoms with Crippen LogP contribution in [-0.2, 0) is 12.8 Å². The Hall–Kier alpha value is -0.570. The Bertz CT molecular complexity index is 359. The van der Waals surface area contributed by atoms with Crippen LogP contribution in [0.15, 0.2) is 18.2 Å². The third-order valence-corrected chi connectivity index (χ3v) is 3.69. The van der Waals surface area contributed by atoms with E-state index in [1.54, 1.807) is 0 Å². The lowest BCUT2D eigenvalue weighted by Crippen LogP contribution is -2.44. The molecule has 1 heterocycles. The predicted octanol–water partition coefficient (Wildman–Crippen LogP) is 2.35. The number of nitrogens with one attached hydrogen (secondary N) is 1. The van der Waals surface area contributed by atoms with Gasteiger partial charge in [0.1, 0.15) is 0 Å². The van der Waals surface area contributed by atoms with Gasteiger partial charge in [-0.3, -0.25) is 0 Å². The van der Waals surface area contributed by atoms with Gasteiger partial charge in [0, 0.05) is 37.7 Å². The van der Waals surface area contributed by atoms with Crippen LogP contribution in [0.5, 0.6) is 0 Å². The molecule has 0 spiro atoms. The maximum atomic E-state index is 6.07. The fourth-order valence-corrected chi connectivity index (χ4v) is 2.58. The maximum Gasteiger partial charge on any atom is 0.0408 e. The summed E-state index contributed by atoms with van der Waals surface area (Å²) in [5, 5.41) is 4.24. The van der Waals surface area contributed by atoms with Crippen molar-refractivity contribution in [2.24, 2.45) is 0 Å². The zero-order valence-electron chi connectivity index (χ0n) is 10.5. The van der Waals surface area contributed by atoms with Gasteiger partial charge in [-0.1, -0.05) is 24.6 Å². The number of piperazine rings is 1. The molecule has 94 valence electrons. The monoisotopic (exact) mass is 252 g/mol. The van der Waals surface area contributed by atoms with Crippen LogP contribution >= 0.6 is 11.6 Å². The number of hydrogen-bond acceptors (Lipinski definition) is 2. The molecule has 2 nitrogen and oxygen atoms in total. The Labute approximate surface area is 109 Å². The van der Waals surface area contributed by atoms with Gasteiger partial charge in [-0.05, 0) is 36.1 Å². The van der Waals surface area contributed by atoms with Crippen LogP contribution in [0.3, 0.4) is 0 Å². The van der Waals surface area contributed by atoms with Crippen LogP contribution in [0.25, 0.3) is 0 Å². The third kappa shape index (κ3) is 3.70. The summed E-state index contributed by atoms with van der Waals surface area (Å²) in [6.45, 7) is 7.93. The molecule has 0 atom stereocenters. The van der Waals surface area contributed by atoms with Crippen LogP contribution < -0.4 is 5.32 Å². The van der Waals surface area contributed by atoms with Gasteiger partial charge in [-0.2, -0.15) is 0 Å². The molecule has 1 N–H and O–H groups in total. The van der Waals surface area contributed by atoms with Gasteiger partial charge in [0.05, 0.1) is 0 Å². The highest BCUT2D eigenvalue weighted by Crippen LogP contribution is 2.17. The Morgan fingerprint density at radius 1 is 1.24 bits per heavy atom. The minimum atomic E-state index is 0.859. The van der Waals surface area contributed by atoms with E-state index in [-0.39, 0.29) is 0 Å². The van der Waals surface area contributed by atoms with Crippen LogP contribution in [0.1, 0.15) is 18.1 Å². The lowest BCUT2D eigenvalue weighted by Gasteiger charge is -2.27. The SMILES string of the molecule is CCc1ccc(Cl)cc1CCN1CCNCC1. The first-order valence-electron chi connectivity index (χ1n) is 6.50. The minimum Gasteiger partial charge on any atom is -0.314 e. The number of benzene rings is 1. The Kier molecular flexibility index (Phi) is 4.84. The topological polar surface area (TPSA) is 15.3 Å². The molecule has 1 aliphatic rings. The molecule has 0 bridgehead atoms. The molecule has 0 aromatic heterocycles. The van der Waals surface area contributed by atoms with Crippen molar-refractivity contribution in [3.05, 3.63) is 34.3 Å². The summed E-state index contributed by atoms with van der Waals surface area (Å²) in [6, 6.07) is 6.28. The van der Waals surface area contributed by atoms with Crippen molar-refractivity contribution >= 4 is 11.6 Å². The molecule has 1 aromatic rings. The van der Waals surface area contributed by atoms with Crippen molar-refractivity contribution in [1.29, 1.82) is 0 Å². The fraction of sp³-hybridized carbons (Fsp3) is 0.571. The van der Waals surface area contributed by atoms with Crippen LogP contribution in [0.2, 0.25) is 5.02 Å². The van der Waals surface area contributed by atoms with Crippen molar-refractivity contribution in [2.45, 2.75) is 19.8 Å². The molecule has 1 fully saturated rings. The van der Waals surface area contributed by atoms with Crippen molar-refractivity contribution in [3.63, 3.8) is 0 Å². The molecule has 1 aliphatic heterocycles. The van der Waals surface area contributed by atoms with Crippen molar-refractivity contribution in [3.8, 4) is 0 Å². The summed E-state index contributed by atoms with van der Waals surface area (Å²) >= 11 is 6.07. The van der Waals surface area contributed by atoms with E-state index in [9.17, 15) is 0 Å². The van der Waals surface area contributed by atoms with Crippen LogP contribution in [0.4, 0.5) is 0 Å². The van der Waals surface area contributed by atoms with Gasteiger partial charge in [-0.15, -0.1) is 0 Å². The summed E-state index contributed by atoms with van der Waals surface area (Å²) < 4.78 is 0. The number of hydrogen-bond donors (Lipinski definition) is 1. The number of rotatable bonds is 4. The molecule has 1 aromatic carbocycles. The maximum absolute atomic E-state index is 6.07. The second-order valence-corrected chi connectivity index (χ2v) is 5.04. The fourth-order valence-electron chi connectivity index (χ4n) is 2.39. The molecule has 0 radical (unpaired) electrons. The van der Waals surface area contributed by atoms with Gasteiger partial charge >= 0.3 is 0 Å². The van der Waals surface area contributed by atoms with Crippen molar-refractivity contribution in [1.82, 2.24) is 10.2 Å². The van der Waals surface area contributed by atoms with E-state index in [1.165, 1.54) is 24.2 Å². The highest BCUT2D eigenvalue weighted by Gasteiger charge is 2.10. The van der Waals surface area contributed by atoms with E-state index in [1.807, 2.05) is 6.07 Å². The first-order chi connectivity index (χ1) is 8.29. The summed E-state index contributed by atoms with van der Waals surface area (Å²) in [6.07, 6.45) is 2.21. The van der Waals surface area contributed by atoms with E-state index in [0.29, 0.717) is 0 Å². The quantitative estimate of drug-likeness (QED) is 0.885. The predicted molar refractivity (Wildman–Crippen MR) is 73.8 cm³/mol. The van der Waals surface area contributed by atoms with Gasteiger partial charge in [0.15, 0.2) is 0 Å². The van der Waals surface area contributed by atoms with Gasteiger partial charge in [-0.25, -0.2) is 0 Å². The molecule has 1 saturated heterocycles. The normalized spacial score (nSPS) is 17.3. The molecule has 0 saturated carbocycles. The van der Waals surface area contributed by atoms with E-state index >= 15 is 0 Å². The van der Waals surface area contributed by atoms with Crippen molar-refractivity contribution < 1.29 is 0 Å². The van der Waals surface area contributed by atoms with E-state index < -0.39 is 0 Å². The average Bonchev–Trinajstić information content (AvgIpc) is 2.38. The van der Waals surface area contributed by atoms with Crippen LogP contribution in [0, 0.1) is 0 Å². The van der Waals surface area contributed by atoms with Gasteiger partial charge in [0.25, 0.3) is 0 Å². The lowest BCUT2D eigenvalue weighted by molar-refractivity contribution is 0.244. The van der Waals surface area contributed by atoms with E-state index in [0.717, 1.165) is 37.5 Å². The first kappa shape index (κ1) is 12.9.